The Labute approximate surface area is 171 Å². The van der Waals surface area contributed by atoms with Crippen molar-refractivity contribution in [3.8, 4) is 0 Å². The monoisotopic (exact) mass is 464 g/mol. The van der Waals surface area contributed by atoms with Gasteiger partial charge in [0.1, 0.15) is 0 Å². The SMILES string of the molecule is CN=C(NCC(C)N1CCOCC1C)N1CCC2(CCCCC2)C1.I. The van der Waals surface area contributed by atoms with Crippen LogP contribution in [0.4, 0.5) is 0 Å². The first-order valence-electron chi connectivity index (χ1n) is 9.93. The predicted octanol–water partition coefficient (Wildman–Crippen LogP) is 2.95. The Bertz CT molecular complexity index is 439. The Hall–Kier alpha value is -0.0800. The van der Waals surface area contributed by atoms with Crippen LogP contribution in [-0.4, -0.2) is 74.3 Å². The molecule has 1 N–H and O–H groups in total. The molecule has 1 spiro atoms. The van der Waals surface area contributed by atoms with Crippen molar-refractivity contribution in [2.45, 2.75) is 64.5 Å². The van der Waals surface area contributed by atoms with E-state index >= 15 is 0 Å². The van der Waals surface area contributed by atoms with Crippen molar-refractivity contribution >= 4 is 29.9 Å². The fraction of sp³-hybridized carbons (Fsp3) is 0.947. The first kappa shape index (κ1) is 21.2. The number of nitrogens with zero attached hydrogens (tertiary/aromatic N) is 3. The summed E-state index contributed by atoms with van der Waals surface area (Å²) in [6.07, 6.45) is 8.47. The Balaban J connectivity index is 0.00000225. The van der Waals surface area contributed by atoms with Crippen LogP contribution in [-0.2, 0) is 4.74 Å². The molecular weight excluding hydrogens is 427 g/mol. The lowest BCUT2D eigenvalue weighted by Gasteiger charge is -2.38. The zero-order valence-corrected chi connectivity index (χ0v) is 18.6. The summed E-state index contributed by atoms with van der Waals surface area (Å²) in [4.78, 5) is 9.63. The molecule has 2 atom stereocenters. The molecule has 0 amide bonds. The summed E-state index contributed by atoms with van der Waals surface area (Å²) in [5.74, 6) is 1.10. The minimum atomic E-state index is 0. The van der Waals surface area contributed by atoms with E-state index in [-0.39, 0.29) is 24.0 Å². The number of likely N-dealkylation sites (tertiary alicyclic amines) is 1. The lowest BCUT2D eigenvalue weighted by Crippen LogP contribution is -2.53. The van der Waals surface area contributed by atoms with Gasteiger partial charge in [0.15, 0.2) is 5.96 Å². The number of hydrogen-bond acceptors (Lipinski definition) is 3. The Morgan fingerprint density at radius 1 is 1.24 bits per heavy atom. The molecular formula is C19H37IN4O. The molecule has 6 heteroatoms. The molecule has 0 aromatic carbocycles. The van der Waals surface area contributed by atoms with Gasteiger partial charge in [-0.3, -0.25) is 9.89 Å². The Morgan fingerprint density at radius 3 is 2.68 bits per heavy atom. The largest absolute Gasteiger partial charge is 0.379 e. The zero-order chi connectivity index (χ0) is 17.0. The van der Waals surface area contributed by atoms with Crippen LogP contribution in [0, 0.1) is 5.41 Å². The van der Waals surface area contributed by atoms with Crippen LogP contribution in [0.2, 0.25) is 0 Å². The highest BCUT2D eigenvalue weighted by Gasteiger charge is 2.39. The van der Waals surface area contributed by atoms with Crippen molar-refractivity contribution in [3.63, 3.8) is 0 Å². The topological polar surface area (TPSA) is 40.1 Å². The van der Waals surface area contributed by atoms with E-state index in [0.717, 1.165) is 32.3 Å². The van der Waals surface area contributed by atoms with E-state index in [1.54, 1.807) is 0 Å². The second-order valence-corrected chi connectivity index (χ2v) is 8.17. The quantitative estimate of drug-likeness (QED) is 0.396. The summed E-state index contributed by atoms with van der Waals surface area (Å²) in [6, 6.07) is 1.02. The van der Waals surface area contributed by atoms with E-state index in [1.807, 2.05) is 7.05 Å². The van der Waals surface area contributed by atoms with Crippen LogP contribution in [0.3, 0.4) is 0 Å². The van der Waals surface area contributed by atoms with Gasteiger partial charge in [0.2, 0.25) is 0 Å². The lowest BCUT2D eigenvalue weighted by atomic mass is 9.73. The molecule has 0 aromatic heterocycles. The summed E-state index contributed by atoms with van der Waals surface area (Å²) in [5.41, 5.74) is 0.584. The first-order valence-corrected chi connectivity index (χ1v) is 9.93. The lowest BCUT2D eigenvalue weighted by molar-refractivity contribution is -0.0175. The van der Waals surface area contributed by atoms with Gasteiger partial charge in [-0.05, 0) is 38.5 Å². The first-order chi connectivity index (χ1) is 11.6. The molecule has 2 saturated heterocycles. The number of rotatable bonds is 3. The maximum Gasteiger partial charge on any atom is 0.193 e. The van der Waals surface area contributed by atoms with Crippen molar-refractivity contribution in [2.75, 3.05) is 46.4 Å². The Kier molecular flexibility index (Phi) is 8.27. The van der Waals surface area contributed by atoms with Crippen LogP contribution in [0.1, 0.15) is 52.4 Å². The number of morpholine rings is 1. The van der Waals surface area contributed by atoms with Crippen molar-refractivity contribution in [3.05, 3.63) is 0 Å². The number of ether oxygens (including phenoxy) is 1. The fourth-order valence-corrected chi connectivity index (χ4v) is 4.91. The molecule has 2 heterocycles. The van der Waals surface area contributed by atoms with Gasteiger partial charge < -0.3 is 15.0 Å². The highest BCUT2D eigenvalue weighted by Crippen LogP contribution is 2.43. The van der Waals surface area contributed by atoms with Gasteiger partial charge in [0.25, 0.3) is 0 Å². The van der Waals surface area contributed by atoms with Gasteiger partial charge in [0, 0.05) is 45.3 Å². The predicted molar refractivity (Wildman–Crippen MR) is 115 cm³/mol. The molecule has 1 aliphatic carbocycles. The molecule has 2 aliphatic heterocycles. The van der Waals surface area contributed by atoms with Crippen molar-refractivity contribution in [2.24, 2.45) is 10.4 Å². The molecule has 3 fully saturated rings. The summed E-state index contributed by atoms with van der Waals surface area (Å²) in [7, 11) is 1.93. The number of nitrogens with one attached hydrogen (secondary N) is 1. The Morgan fingerprint density at radius 2 is 2.00 bits per heavy atom. The molecule has 3 rings (SSSR count). The van der Waals surface area contributed by atoms with Gasteiger partial charge in [-0.15, -0.1) is 24.0 Å². The summed E-state index contributed by atoms with van der Waals surface area (Å²) in [6.45, 7) is 10.7. The van der Waals surface area contributed by atoms with Crippen LogP contribution in [0.5, 0.6) is 0 Å². The fourth-order valence-electron chi connectivity index (χ4n) is 4.91. The van der Waals surface area contributed by atoms with Crippen LogP contribution in [0.15, 0.2) is 4.99 Å². The van der Waals surface area contributed by atoms with Crippen molar-refractivity contribution < 1.29 is 4.74 Å². The molecule has 1 saturated carbocycles. The molecule has 25 heavy (non-hydrogen) atoms. The third-order valence-corrected chi connectivity index (χ3v) is 6.40. The van der Waals surface area contributed by atoms with E-state index < -0.39 is 0 Å². The minimum absolute atomic E-state index is 0. The van der Waals surface area contributed by atoms with Crippen LogP contribution in [0.25, 0.3) is 0 Å². The second-order valence-electron chi connectivity index (χ2n) is 8.17. The summed E-state index contributed by atoms with van der Waals surface area (Å²) >= 11 is 0. The second kappa shape index (κ2) is 9.74. The van der Waals surface area contributed by atoms with Gasteiger partial charge in [-0.2, -0.15) is 0 Å². The van der Waals surface area contributed by atoms with Gasteiger partial charge in [-0.25, -0.2) is 0 Å². The molecule has 0 bridgehead atoms. The summed E-state index contributed by atoms with van der Waals surface area (Å²) < 4.78 is 5.56. The van der Waals surface area contributed by atoms with Crippen LogP contribution < -0.4 is 5.32 Å². The van der Waals surface area contributed by atoms with Crippen molar-refractivity contribution in [1.29, 1.82) is 0 Å². The third kappa shape index (κ3) is 5.22. The van der Waals surface area contributed by atoms with Crippen LogP contribution >= 0.6 is 24.0 Å². The normalized spacial score (nSPS) is 28.7. The number of hydrogen-bond donors (Lipinski definition) is 1. The van der Waals surface area contributed by atoms with Gasteiger partial charge in [0.05, 0.1) is 13.2 Å². The molecule has 2 unspecified atom stereocenters. The maximum atomic E-state index is 5.56. The molecule has 0 aromatic rings. The highest BCUT2D eigenvalue weighted by atomic mass is 127. The zero-order valence-electron chi connectivity index (χ0n) is 16.3. The number of guanidine groups is 1. The third-order valence-electron chi connectivity index (χ3n) is 6.40. The smallest absolute Gasteiger partial charge is 0.193 e. The van der Waals surface area contributed by atoms with E-state index in [4.69, 9.17) is 4.74 Å². The summed E-state index contributed by atoms with van der Waals surface area (Å²) in [5, 5.41) is 3.64. The number of halogens is 1. The molecule has 5 nitrogen and oxygen atoms in total. The minimum Gasteiger partial charge on any atom is -0.379 e. The maximum absolute atomic E-state index is 5.56. The van der Waals surface area contributed by atoms with Crippen molar-refractivity contribution in [1.82, 2.24) is 15.1 Å². The molecule has 0 radical (unpaired) electrons. The molecule has 146 valence electrons. The van der Waals surface area contributed by atoms with Gasteiger partial charge in [-0.1, -0.05) is 19.3 Å². The van der Waals surface area contributed by atoms with E-state index in [0.29, 0.717) is 17.5 Å². The van der Waals surface area contributed by atoms with E-state index in [2.05, 4.69) is 34.0 Å². The molecule has 3 aliphatic rings. The number of aliphatic imine (C=N–C) groups is 1. The van der Waals surface area contributed by atoms with Gasteiger partial charge >= 0.3 is 0 Å². The standard InChI is InChI=1S/C19H36N4O.HI/c1-16(23-11-12-24-14-17(23)2)13-21-18(20-3)22-10-9-19(15-22)7-5-4-6-8-19;/h16-17H,4-15H2,1-3H3,(H,20,21);1H. The average Bonchev–Trinajstić information content (AvgIpc) is 2.99. The van der Waals surface area contributed by atoms with E-state index in [9.17, 15) is 0 Å². The van der Waals surface area contributed by atoms with E-state index in [1.165, 1.54) is 51.6 Å². The highest BCUT2D eigenvalue weighted by molar-refractivity contribution is 14.0. The average molecular weight is 464 g/mol.